The Morgan fingerprint density at radius 1 is 0.933 bits per heavy atom. The van der Waals surface area contributed by atoms with Crippen LogP contribution in [-0.4, -0.2) is 23.9 Å². The van der Waals surface area contributed by atoms with Gasteiger partial charge < -0.3 is 9.84 Å². The molecule has 1 amide bonds. The van der Waals surface area contributed by atoms with Crippen LogP contribution in [-0.2, 0) is 9.59 Å². The van der Waals surface area contributed by atoms with E-state index >= 15 is 0 Å². The summed E-state index contributed by atoms with van der Waals surface area (Å²) in [4.78, 5) is 27.1. The number of ether oxygens (including phenoxy) is 1. The molecule has 3 aromatic carbocycles. The Morgan fingerprint density at radius 3 is 2.20 bits per heavy atom. The third-order valence-corrected chi connectivity index (χ3v) is 5.04. The molecule has 0 saturated carbocycles. The van der Waals surface area contributed by atoms with Crippen LogP contribution in [0.4, 0.5) is 10.1 Å². The third-order valence-electron chi connectivity index (χ3n) is 5.04. The fourth-order valence-corrected chi connectivity index (χ4v) is 3.58. The topological polar surface area (TPSA) is 66.8 Å². The molecule has 0 spiro atoms. The van der Waals surface area contributed by atoms with Crippen LogP contribution in [0.3, 0.4) is 0 Å². The highest BCUT2D eigenvalue weighted by atomic mass is 19.1. The molecule has 3 aromatic rings. The molecule has 1 aliphatic heterocycles. The number of ketones is 1. The van der Waals surface area contributed by atoms with E-state index in [4.69, 9.17) is 4.74 Å². The molecule has 1 saturated heterocycles. The number of halogens is 1. The van der Waals surface area contributed by atoms with Crippen molar-refractivity contribution in [3.63, 3.8) is 0 Å². The van der Waals surface area contributed by atoms with E-state index in [1.165, 1.54) is 30.2 Å². The summed E-state index contributed by atoms with van der Waals surface area (Å²) >= 11 is 0. The number of aliphatic hydroxyl groups excluding tert-OH is 1. The minimum absolute atomic E-state index is 0.116. The molecule has 1 heterocycles. The summed E-state index contributed by atoms with van der Waals surface area (Å²) in [5, 5.41) is 10.9. The van der Waals surface area contributed by atoms with Gasteiger partial charge >= 0.3 is 0 Å². The van der Waals surface area contributed by atoms with Gasteiger partial charge in [0.15, 0.2) is 0 Å². The SMILES string of the molecule is COc1ccc(N2C(=O)C(=O)C(=C(O)c3ccccc3)[C@H]2c2ccccc2F)cc1. The van der Waals surface area contributed by atoms with Gasteiger partial charge in [0, 0.05) is 16.8 Å². The van der Waals surface area contributed by atoms with Gasteiger partial charge in [0.05, 0.1) is 18.7 Å². The molecule has 1 aliphatic rings. The second kappa shape index (κ2) is 7.83. The van der Waals surface area contributed by atoms with Crippen LogP contribution >= 0.6 is 0 Å². The van der Waals surface area contributed by atoms with Gasteiger partial charge in [-0.25, -0.2) is 4.39 Å². The highest BCUT2D eigenvalue weighted by Gasteiger charge is 2.47. The first-order valence-corrected chi connectivity index (χ1v) is 9.28. The number of aliphatic hydroxyl groups is 1. The van der Waals surface area contributed by atoms with E-state index in [0.29, 0.717) is 17.0 Å². The normalized spacial score (nSPS) is 17.9. The number of anilines is 1. The largest absolute Gasteiger partial charge is 0.507 e. The van der Waals surface area contributed by atoms with Crippen molar-refractivity contribution in [1.29, 1.82) is 0 Å². The maximum Gasteiger partial charge on any atom is 0.300 e. The highest BCUT2D eigenvalue weighted by Crippen LogP contribution is 2.43. The maximum atomic E-state index is 14.8. The summed E-state index contributed by atoms with van der Waals surface area (Å²) in [5.41, 5.74) is 0.710. The van der Waals surface area contributed by atoms with E-state index in [1.54, 1.807) is 60.7 Å². The zero-order chi connectivity index (χ0) is 21.3. The maximum absolute atomic E-state index is 14.8. The second-order valence-corrected chi connectivity index (χ2v) is 6.75. The van der Waals surface area contributed by atoms with Crippen LogP contribution in [0.15, 0.2) is 84.4 Å². The Labute approximate surface area is 172 Å². The van der Waals surface area contributed by atoms with E-state index in [-0.39, 0.29) is 16.9 Å². The summed E-state index contributed by atoms with van der Waals surface area (Å²) in [5.74, 6) is -2.08. The Kier molecular flexibility index (Phi) is 5.06. The van der Waals surface area contributed by atoms with Crippen molar-refractivity contribution in [2.24, 2.45) is 0 Å². The molecule has 1 N–H and O–H groups in total. The molecule has 4 rings (SSSR count). The van der Waals surface area contributed by atoms with Crippen LogP contribution in [0.2, 0.25) is 0 Å². The first-order chi connectivity index (χ1) is 14.5. The summed E-state index contributed by atoms with van der Waals surface area (Å²) in [7, 11) is 1.51. The van der Waals surface area contributed by atoms with Crippen LogP contribution in [0.5, 0.6) is 5.75 Å². The van der Waals surface area contributed by atoms with Gasteiger partial charge in [0.2, 0.25) is 0 Å². The predicted octanol–water partition coefficient (Wildman–Crippen LogP) is 4.46. The minimum atomic E-state index is -1.11. The smallest absolute Gasteiger partial charge is 0.300 e. The second-order valence-electron chi connectivity index (χ2n) is 6.75. The van der Waals surface area contributed by atoms with Crippen LogP contribution in [0.1, 0.15) is 17.2 Å². The number of carbonyl (C=O) groups excluding carboxylic acids is 2. The quantitative estimate of drug-likeness (QED) is 0.397. The summed E-state index contributed by atoms with van der Waals surface area (Å²) in [6.07, 6.45) is 0. The lowest BCUT2D eigenvalue weighted by atomic mass is 9.94. The zero-order valence-electron chi connectivity index (χ0n) is 16.1. The van der Waals surface area contributed by atoms with Crippen molar-refractivity contribution in [2.75, 3.05) is 12.0 Å². The molecule has 30 heavy (non-hydrogen) atoms. The molecular formula is C24H18FNO4. The summed E-state index contributed by atoms with van der Waals surface area (Å²) in [6.45, 7) is 0. The van der Waals surface area contributed by atoms with Crippen LogP contribution in [0, 0.1) is 5.82 Å². The van der Waals surface area contributed by atoms with Crippen molar-refractivity contribution in [2.45, 2.75) is 6.04 Å². The third kappa shape index (κ3) is 3.22. The number of Topliss-reactive ketones (excluding diaryl/α,β-unsaturated/α-hetero) is 1. The molecule has 5 nitrogen and oxygen atoms in total. The number of benzene rings is 3. The summed E-state index contributed by atoms with van der Waals surface area (Å²) in [6, 6.07) is 19.7. The molecule has 0 unspecified atom stereocenters. The van der Waals surface area contributed by atoms with E-state index in [0.717, 1.165) is 0 Å². The van der Waals surface area contributed by atoms with Gasteiger partial charge in [-0.05, 0) is 30.3 Å². The van der Waals surface area contributed by atoms with Gasteiger partial charge in [-0.15, -0.1) is 0 Å². The van der Waals surface area contributed by atoms with Crippen molar-refractivity contribution < 1.29 is 23.8 Å². The molecule has 0 aromatic heterocycles. The lowest BCUT2D eigenvalue weighted by Crippen LogP contribution is -2.29. The Balaban J connectivity index is 1.95. The molecule has 0 radical (unpaired) electrons. The summed E-state index contributed by atoms with van der Waals surface area (Å²) < 4.78 is 19.9. The van der Waals surface area contributed by atoms with Gasteiger partial charge in [-0.1, -0.05) is 48.5 Å². The Bertz CT molecular complexity index is 1140. The van der Waals surface area contributed by atoms with E-state index in [1.807, 2.05) is 0 Å². The molecule has 1 atom stereocenters. The Hall–Kier alpha value is -3.93. The van der Waals surface area contributed by atoms with Gasteiger partial charge in [0.25, 0.3) is 11.7 Å². The number of amides is 1. The Morgan fingerprint density at radius 2 is 1.57 bits per heavy atom. The highest BCUT2D eigenvalue weighted by molar-refractivity contribution is 6.51. The average molecular weight is 403 g/mol. The van der Waals surface area contributed by atoms with Gasteiger partial charge in [-0.2, -0.15) is 0 Å². The number of hydrogen-bond donors (Lipinski definition) is 1. The van der Waals surface area contributed by atoms with Gasteiger partial charge in [0.1, 0.15) is 17.3 Å². The van der Waals surface area contributed by atoms with E-state index in [2.05, 4.69) is 0 Å². The van der Waals surface area contributed by atoms with Crippen molar-refractivity contribution in [3.8, 4) is 5.75 Å². The fraction of sp³-hybridized carbons (Fsp3) is 0.0833. The van der Waals surface area contributed by atoms with Crippen molar-refractivity contribution in [1.82, 2.24) is 0 Å². The average Bonchev–Trinajstić information content (AvgIpc) is 3.04. The number of hydrogen-bond acceptors (Lipinski definition) is 4. The monoisotopic (exact) mass is 403 g/mol. The molecule has 0 bridgehead atoms. The standard InChI is InChI=1S/C24H18FNO4/c1-30-17-13-11-16(12-14-17)26-21(18-9-5-6-10-19(18)25)20(23(28)24(26)29)22(27)15-7-3-2-4-8-15/h2-14,21,27H,1H3/t21-/m1/s1. The number of methoxy groups -OCH3 is 1. The minimum Gasteiger partial charge on any atom is -0.507 e. The lowest BCUT2D eigenvalue weighted by molar-refractivity contribution is -0.132. The number of rotatable bonds is 4. The van der Waals surface area contributed by atoms with Crippen LogP contribution < -0.4 is 9.64 Å². The zero-order valence-corrected chi connectivity index (χ0v) is 16.1. The fourth-order valence-electron chi connectivity index (χ4n) is 3.58. The molecular weight excluding hydrogens is 385 g/mol. The van der Waals surface area contributed by atoms with Gasteiger partial charge in [-0.3, -0.25) is 14.5 Å². The van der Waals surface area contributed by atoms with E-state index < -0.39 is 23.5 Å². The number of nitrogens with zero attached hydrogens (tertiary/aromatic N) is 1. The lowest BCUT2D eigenvalue weighted by Gasteiger charge is -2.25. The molecule has 1 fully saturated rings. The molecule has 6 heteroatoms. The van der Waals surface area contributed by atoms with E-state index in [9.17, 15) is 19.1 Å². The first kappa shape index (κ1) is 19.4. The first-order valence-electron chi connectivity index (χ1n) is 9.28. The molecule has 150 valence electrons. The van der Waals surface area contributed by atoms with Crippen molar-refractivity contribution in [3.05, 3.63) is 101 Å². The molecule has 0 aliphatic carbocycles. The van der Waals surface area contributed by atoms with Crippen molar-refractivity contribution >= 4 is 23.1 Å². The predicted molar refractivity (Wildman–Crippen MR) is 111 cm³/mol. The van der Waals surface area contributed by atoms with Crippen LogP contribution in [0.25, 0.3) is 5.76 Å². The number of carbonyl (C=O) groups is 2.